The lowest BCUT2D eigenvalue weighted by atomic mass is 10.3. The van der Waals surface area contributed by atoms with Crippen molar-refractivity contribution < 1.29 is 9.50 Å². The van der Waals surface area contributed by atoms with Crippen molar-refractivity contribution in [3.8, 4) is 5.75 Å². The second-order valence-corrected chi connectivity index (χ2v) is 2.30. The first-order chi connectivity index (χ1) is 4.22. The van der Waals surface area contributed by atoms with Crippen LogP contribution in [0.15, 0.2) is 18.2 Å². The number of hydrogen-bond acceptors (Lipinski definition) is 1. The smallest absolute Gasteiger partial charge is 0.171 e. The molecule has 0 fully saturated rings. The average Bonchev–Trinajstić information content (AvgIpc) is 1.83. The zero-order valence-corrected chi connectivity index (χ0v) is 5.79. The van der Waals surface area contributed by atoms with E-state index < -0.39 is 5.82 Å². The van der Waals surface area contributed by atoms with Crippen LogP contribution in [-0.2, 0) is 0 Å². The summed E-state index contributed by atoms with van der Waals surface area (Å²) in [7, 11) is 2.19. The number of phenolic OH excluding ortho intramolecular Hbond substituents is 1. The first kappa shape index (κ1) is 6.50. The van der Waals surface area contributed by atoms with Gasteiger partial charge in [0.2, 0.25) is 0 Å². The zero-order chi connectivity index (χ0) is 6.85. The van der Waals surface area contributed by atoms with Gasteiger partial charge in [-0.1, -0.05) is 12.1 Å². The van der Waals surface area contributed by atoms with Gasteiger partial charge in [0.1, 0.15) is 0 Å². The van der Waals surface area contributed by atoms with Crippen molar-refractivity contribution >= 4 is 14.5 Å². The number of aromatic hydroxyl groups is 1. The number of halogens is 1. The fourth-order valence-corrected chi connectivity index (χ4v) is 0.796. The van der Waals surface area contributed by atoms with E-state index in [1.807, 2.05) is 0 Å². The highest BCUT2D eigenvalue weighted by Gasteiger charge is 1.99. The Morgan fingerprint density at radius 1 is 1.44 bits per heavy atom. The van der Waals surface area contributed by atoms with Crippen molar-refractivity contribution in [3.05, 3.63) is 24.0 Å². The number of rotatable bonds is 0. The van der Waals surface area contributed by atoms with E-state index in [0.29, 0.717) is 5.30 Å². The highest BCUT2D eigenvalue weighted by Crippen LogP contribution is 2.12. The van der Waals surface area contributed by atoms with Crippen molar-refractivity contribution in [2.45, 2.75) is 0 Å². The fourth-order valence-electron chi connectivity index (χ4n) is 0.537. The lowest BCUT2D eigenvalue weighted by Crippen LogP contribution is -1.95. The van der Waals surface area contributed by atoms with Crippen LogP contribution in [0.2, 0.25) is 0 Å². The largest absolute Gasteiger partial charge is 0.505 e. The molecule has 1 rings (SSSR count). The molecule has 0 saturated carbocycles. The molecule has 0 aliphatic heterocycles. The lowest BCUT2D eigenvalue weighted by molar-refractivity contribution is 0.435. The van der Waals surface area contributed by atoms with Gasteiger partial charge in [-0.3, -0.25) is 0 Å². The molecule has 9 heavy (non-hydrogen) atoms. The van der Waals surface area contributed by atoms with Crippen LogP contribution in [0, 0.1) is 5.82 Å². The van der Waals surface area contributed by atoms with Crippen LogP contribution in [0.1, 0.15) is 0 Å². The maximum Gasteiger partial charge on any atom is 0.171 e. The van der Waals surface area contributed by atoms with E-state index in [1.165, 1.54) is 6.07 Å². The molecule has 0 radical (unpaired) electrons. The van der Waals surface area contributed by atoms with Gasteiger partial charge in [-0.05, 0) is 6.07 Å². The molecule has 0 amide bonds. The molecule has 1 unspecified atom stereocenters. The molecular weight excluding hydrogens is 138 g/mol. The number of hydrogen-bond donors (Lipinski definition) is 1. The monoisotopic (exact) mass is 144 g/mol. The van der Waals surface area contributed by atoms with Gasteiger partial charge in [0.25, 0.3) is 0 Å². The normalized spacial score (nSPS) is 9.56. The quantitative estimate of drug-likeness (QED) is 0.539. The van der Waals surface area contributed by atoms with Crippen molar-refractivity contribution in [1.29, 1.82) is 0 Å². The Bertz CT molecular complexity index is 204. The first-order valence-corrected chi connectivity index (χ1v) is 3.02. The van der Waals surface area contributed by atoms with E-state index in [9.17, 15) is 4.39 Å². The molecule has 0 heterocycles. The highest BCUT2D eigenvalue weighted by molar-refractivity contribution is 7.27. The Kier molecular flexibility index (Phi) is 1.68. The fraction of sp³-hybridized carbons (Fsp3) is 0. The summed E-state index contributed by atoms with van der Waals surface area (Å²) in [5.74, 6) is -0.870. The molecule has 0 aliphatic rings. The molecule has 3 heteroatoms. The summed E-state index contributed by atoms with van der Waals surface area (Å²) >= 11 is 0. The Hall–Kier alpha value is -0.620. The summed E-state index contributed by atoms with van der Waals surface area (Å²) in [5, 5.41) is 9.10. The first-order valence-electron chi connectivity index (χ1n) is 2.45. The van der Waals surface area contributed by atoms with E-state index in [0.717, 1.165) is 0 Å². The minimum absolute atomic E-state index is 0.303. The van der Waals surface area contributed by atoms with Gasteiger partial charge in [-0.25, -0.2) is 4.39 Å². The van der Waals surface area contributed by atoms with Crippen LogP contribution >= 0.6 is 9.24 Å². The van der Waals surface area contributed by atoms with Gasteiger partial charge in [0.15, 0.2) is 11.6 Å². The third kappa shape index (κ3) is 1.19. The van der Waals surface area contributed by atoms with E-state index in [4.69, 9.17) is 5.11 Å². The second-order valence-electron chi connectivity index (χ2n) is 1.68. The standard InChI is InChI=1S/C6H6FOP/c7-6-4(8)2-1-3-5(6)9/h1-3,8H,9H2. The minimum atomic E-state index is -0.567. The van der Waals surface area contributed by atoms with Crippen LogP contribution in [0.5, 0.6) is 5.75 Å². The Balaban J connectivity index is 3.25. The van der Waals surface area contributed by atoms with Gasteiger partial charge in [0.05, 0.1) is 0 Å². The predicted molar refractivity (Wildman–Crippen MR) is 37.4 cm³/mol. The lowest BCUT2D eigenvalue weighted by Gasteiger charge is -1.95. The molecule has 1 aromatic carbocycles. The van der Waals surface area contributed by atoms with Crippen LogP contribution < -0.4 is 5.30 Å². The van der Waals surface area contributed by atoms with E-state index >= 15 is 0 Å². The zero-order valence-electron chi connectivity index (χ0n) is 4.63. The molecular formula is C6H6FOP. The second kappa shape index (κ2) is 2.32. The van der Waals surface area contributed by atoms with Crippen LogP contribution in [0.4, 0.5) is 4.39 Å². The molecule has 0 bridgehead atoms. The van der Waals surface area contributed by atoms with Crippen molar-refractivity contribution in [2.24, 2.45) is 0 Å². The van der Waals surface area contributed by atoms with Gasteiger partial charge < -0.3 is 5.11 Å². The Morgan fingerprint density at radius 3 is 2.56 bits per heavy atom. The van der Waals surface area contributed by atoms with Gasteiger partial charge in [-0.15, -0.1) is 9.24 Å². The van der Waals surface area contributed by atoms with E-state index in [1.54, 1.807) is 12.1 Å². The van der Waals surface area contributed by atoms with Gasteiger partial charge in [-0.2, -0.15) is 0 Å². The molecule has 0 saturated heterocycles. The molecule has 1 nitrogen and oxygen atoms in total. The maximum absolute atomic E-state index is 12.5. The Morgan fingerprint density at radius 2 is 2.11 bits per heavy atom. The summed E-state index contributed by atoms with van der Waals surface area (Å²) in [6, 6.07) is 4.46. The summed E-state index contributed by atoms with van der Waals surface area (Å²) in [6.45, 7) is 0. The highest BCUT2D eigenvalue weighted by atomic mass is 31.0. The Labute approximate surface area is 54.7 Å². The van der Waals surface area contributed by atoms with Gasteiger partial charge in [0, 0.05) is 5.30 Å². The van der Waals surface area contributed by atoms with Crippen molar-refractivity contribution in [3.63, 3.8) is 0 Å². The van der Waals surface area contributed by atoms with Crippen molar-refractivity contribution in [2.75, 3.05) is 0 Å². The van der Waals surface area contributed by atoms with E-state index in [2.05, 4.69) is 9.24 Å². The molecule has 1 N–H and O–H groups in total. The van der Waals surface area contributed by atoms with Crippen LogP contribution in [-0.4, -0.2) is 5.11 Å². The molecule has 48 valence electrons. The number of benzene rings is 1. The van der Waals surface area contributed by atoms with Crippen LogP contribution in [0.3, 0.4) is 0 Å². The van der Waals surface area contributed by atoms with Crippen LogP contribution in [0.25, 0.3) is 0 Å². The SMILES string of the molecule is Oc1cccc(P)c1F. The molecule has 0 spiro atoms. The van der Waals surface area contributed by atoms with Crippen molar-refractivity contribution in [1.82, 2.24) is 0 Å². The minimum Gasteiger partial charge on any atom is -0.505 e. The maximum atomic E-state index is 12.5. The molecule has 0 aliphatic carbocycles. The molecule has 1 aromatic rings. The third-order valence-corrected chi connectivity index (χ3v) is 1.45. The summed E-state index contributed by atoms with van der Waals surface area (Å²) in [6.07, 6.45) is 0. The summed E-state index contributed by atoms with van der Waals surface area (Å²) in [5.41, 5.74) is 0. The van der Waals surface area contributed by atoms with Gasteiger partial charge >= 0.3 is 0 Å². The summed E-state index contributed by atoms with van der Waals surface area (Å²) < 4.78 is 12.5. The topological polar surface area (TPSA) is 20.2 Å². The molecule has 1 atom stereocenters. The molecule has 0 aromatic heterocycles. The van der Waals surface area contributed by atoms with E-state index in [-0.39, 0.29) is 5.75 Å². The summed E-state index contributed by atoms with van der Waals surface area (Å²) in [4.78, 5) is 0. The predicted octanol–water partition coefficient (Wildman–Crippen LogP) is 1.03. The number of phenols is 1. The average molecular weight is 144 g/mol. The third-order valence-electron chi connectivity index (χ3n) is 1.01.